The Labute approximate surface area is 241 Å². The monoisotopic (exact) mass is 583 g/mol. The van der Waals surface area contributed by atoms with Gasteiger partial charge in [0.05, 0.1) is 48.9 Å². The predicted molar refractivity (Wildman–Crippen MR) is 156 cm³/mol. The van der Waals surface area contributed by atoms with E-state index in [0.717, 1.165) is 9.69 Å². The third kappa shape index (κ3) is 6.92. The number of aromatic nitrogens is 3. The first-order valence-electron chi connectivity index (χ1n) is 13.1. The number of carbonyl (C=O) groups is 1. The maximum atomic E-state index is 13.9. The molecule has 0 aliphatic carbocycles. The van der Waals surface area contributed by atoms with Crippen molar-refractivity contribution in [3.05, 3.63) is 79.0 Å². The first-order valence-corrected chi connectivity index (χ1v) is 14.0. The molecule has 12 nitrogen and oxygen atoms in total. The molecule has 13 heteroatoms. The van der Waals surface area contributed by atoms with Gasteiger partial charge in [0.1, 0.15) is 29.4 Å². The molecule has 0 atom stereocenters. The van der Waals surface area contributed by atoms with Crippen LogP contribution in [-0.2, 0) is 14.3 Å². The molecule has 1 aromatic carbocycles. The van der Waals surface area contributed by atoms with Crippen molar-refractivity contribution < 1.29 is 23.8 Å². The van der Waals surface area contributed by atoms with Gasteiger partial charge < -0.3 is 19.0 Å². The summed E-state index contributed by atoms with van der Waals surface area (Å²) in [7, 11) is 2.88. The van der Waals surface area contributed by atoms with E-state index in [2.05, 4.69) is 10.1 Å². The topological polar surface area (TPSA) is 126 Å². The summed E-state index contributed by atoms with van der Waals surface area (Å²) in [5.41, 5.74) is 0.918. The number of hydrogen-bond donors (Lipinski definition) is 0. The van der Waals surface area contributed by atoms with Gasteiger partial charge in [0.2, 0.25) is 0 Å². The van der Waals surface area contributed by atoms with Crippen LogP contribution in [0.1, 0.15) is 55.2 Å². The highest BCUT2D eigenvalue weighted by Crippen LogP contribution is 2.30. The first kappa shape index (κ1) is 29.7. The number of methoxy groups -OCH3 is 1. The number of oxime groups is 1. The van der Waals surface area contributed by atoms with Crippen LogP contribution < -0.4 is 21.0 Å². The van der Waals surface area contributed by atoms with Crippen LogP contribution in [0.3, 0.4) is 0 Å². The van der Waals surface area contributed by atoms with Crippen molar-refractivity contribution in [3.8, 4) is 5.75 Å². The lowest BCUT2D eigenvalue weighted by Gasteiger charge is -2.26. The van der Waals surface area contributed by atoms with Crippen LogP contribution in [0.25, 0.3) is 12.0 Å². The Morgan fingerprint density at radius 1 is 1.22 bits per heavy atom. The molecule has 1 aliphatic rings. The average Bonchev–Trinajstić information content (AvgIpc) is 3.52. The van der Waals surface area contributed by atoms with Crippen molar-refractivity contribution >= 4 is 34.9 Å². The van der Waals surface area contributed by atoms with E-state index in [1.165, 1.54) is 46.2 Å². The molecular weight excluding hydrogens is 550 g/mol. The van der Waals surface area contributed by atoms with Gasteiger partial charge in [-0.3, -0.25) is 14.2 Å². The van der Waals surface area contributed by atoms with Gasteiger partial charge in [-0.1, -0.05) is 17.3 Å². The molecule has 41 heavy (non-hydrogen) atoms. The highest BCUT2D eigenvalue weighted by molar-refractivity contribution is 7.07. The lowest BCUT2D eigenvalue weighted by molar-refractivity contribution is 0.0139. The summed E-state index contributed by atoms with van der Waals surface area (Å²) in [6.07, 6.45) is 3.75. The average molecular weight is 584 g/mol. The second kappa shape index (κ2) is 13.4. The van der Waals surface area contributed by atoms with E-state index in [9.17, 15) is 14.4 Å². The number of benzene rings is 1. The number of rotatable bonds is 10. The van der Waals surface area contributed by atoms with Crippen LogP contribution in [0.15, 0.2) is 56.1 Å². The fourth-order valence-electron chi connectivity index (χ4n) is 4.08. The molecule has 2 aromatic heterocycles. The Morgan fingerprint density at radius 2 is 1.95 bits per heavy atom. The summed E-state index contributed by atoms with van der Waals surface area (Å²) in [6.45, 7) is 6.28. The Bertz CT molecular complexity index is 1540. The van der Waals surface area contributed by atoms with Gasteiger partial charge in [-0.15, -0.1) is 11.3 Å². The Hall–Kier alpha value is -4.23. The molecule has 0 saturated carbocycles. The van der Waals surface area contributed by atoms with Crippen LogP contribution in [0, 0.1) is 0 Å². The minimum Gasteiger partial charge on any atom is -0.496 e. The lowest BCUT2D eigenvalue weighted by atomic mass is 10.1. The molecule has 1 amide bonds. The van der Waals surface area contributed by atoms with Gasteiger partial charge in [-0.05, 0) is 32.9 Å². The number of ether oxygens (including phenoxy) is 3. The third-order valence-electron chi connectivity index (χ3n) is 6.22. The summed E-state index contributed by atoms with van der Waals surface area (Å²) in [6, 6.07) is 7.25. The number of amides is 1. The van der Waals surface area contributed by atoms with Crippen LogP contribution in [0.5, 0.6) is 5.75 Å². The molecule has 4 rings (SSSR count). The molecule has 1 fully saturated rings. The molecule has 3 heterocycles. The molecule has 0 unspecified atom stereocenters. The number of hydrogen-bond acceptors (Lipinski definition) is 10. The van der Waals surface area contributed by atoms with Gasteiger partial charge in [-0.25, -0.2) is 14.8 Å². The fraction of sp³-hybridized carbons (Fsp3) is 0.393. The zero-order chi connectivity index (χ0) is 29.5. The minimum absolute atomic E-state index is 0.0462. The summed E-state index contributed by atoms with van der Waals surface area (Å²) >= 11 is 1.22. The number of thiazole rings is 1. The standard InChI is InChI=1S/C28H33N5O7S/c1-18(2)40-30-19(3)22-14-32(28(36)33(26(22)34)31(4)27(35)23-16-41-17-29-23)15-25(39-20-10-12-38-13-11-20)21-8-6-7-9-24(21)37-5/h6-9,14-18,20H,10-13H2,1-5H3/b25-15-,30-19+. The van der Waals surface area contributed by atoms with Gasteiger partial charge in [0.25, 0.3) is 11.5 Å². The summed E-state index contributed by atoms with van der Waals surface area (Å²) in [5, 5.41) is 6.54. The Morgan fingerprint density at radius 3 is 2.61 bits per heavy atom. The van der Waals surface area contributed by atoms with E-state index in [4.69, 9.17) is 19.0 Å². The largest absolute Gasteiger partial charge is 0.496 e. The van der Waals surface area contributed by atoms with E-state index in [-0.39, 0.29) is 29.2 Å². The van der Waals surface area contributed by atoms with Gasteiger partial charge in [0, 0.05) is 31.5 Å². The molecule has 3 aromatic rings. The van der Waals surface area contributed by atoms with E-state index in [0.29, 0.717) is 43.1 Å². The van der Waals surface area contributed by atoms with Crippen LogP contribution in [0.4, 0.5) is 0 Å². The smallest absolute Gasteiger partial charge is 0.354 e. The SMILES string of the molecule is COc1ccccc1/C(=C/n1cc(/C(C)=N/OC(C)C)c(=O)n(N(C)C(=O)c2cscn2)c1=O)OC1CCOCC1. The van der Waals surface area contributed by atoms with Crippen LogP contribution >= 0.6 is 11.3 Å². The highest BCUT2D eigenvalue weighted by atomic mass is 32.1. The van der Waals surface area contributed by atoms with Gasteiger partial charge >= 0.3 is 5.69 Å². The second-order valence-electron chi connectivity index (χ2n) is 9.51. The van der Waals surface area contributed by atoms with Gasteiger partial charge in [0.15, 0.2) is 0 Å². The molecule has 1 aliphatic heterocycles. The Balaban J connectivity index is 1.93. The van der Waals surface area contributed by atoms with E-state index >= 15 is 0 Å². The van der Waals surface area contributed by atoms with Gasteiger partial charge in [-0.2, -0.15) is 4.68 Å². The summed E-state index contributed by atoms with van der Waals surface area (Å²) in [5.74, 6) is 0.245. The van der Waals surface area contributed by atoms with Crippen molar-refractivity contribution in [2.45, 2.75) is 45.8 Å². The normalized spacial score (nSPS) is 14.7. The molecule has 0 spiro atoms. The van der Waals surface area contributed by atoms with Crippen molar-refractivity contribution in [2.75, 3.05) is 32.4 Å². The third-order valence-corrected chi connectivity index (χ3v) is 6.81. The molecule has 218 valence electrons. The fourth-order valence-corrected chi connectivity index (χ4v) is 4.61. The van der Waals surface area contributed by atoms with Crippen molar-refractivity contribution in [1.82, 2.24) is 14.2 Å². The highest BCUT2D eigenvalue weighted by Gasteiger charge is 2.24. The zero-order valence-corrected chi connectivity index (χ0v) is 24.4. The number of carbonyl (C=O) groups excluding carboxylic acids is 1. The number of nitrogens with zero attached hydrogens (tertiary/aromatic N) is 5. The minimum atomic E-state index is -0.801. The summed E-state index contributed by atoms with van der Waals surface area (Å²) in [4.78, 5) is 50.0. The molecule has 0 radical (unpaired) electrons. The zero-order valence-electron chi connectivity index (χ0n) is 23.6. The quantitative estimate of drug-likeness (QED) is 0.202. The second-order valence-corrected chi connectivity index (χ2v) is 10.2. The summed E-state index contributed by atoms with van der Waals surface area (Å²) < 4.78 is 19.4. The first-order chi connectivity index (χ1) is 19.7. The number of para-hydroxylation sites is 1. The predicted octanol–water partition coefficient (Wildman–Crippen LogP) is 3.18. The maximum Gasteiger partial charge on any atom is 0.354 e. The molecule has 1 saturated heterocycles. The van der Waals surface area contributed by atoms with Crippen LogP contribution in [0.2, 0.25) is 0 Å². The van der Waals surface area contributed by atoms with E-state index in [1.807, 2.05) is 18.2 Å². The van der Waals surface area contributed by atoms with Crippen molar-refractivity contribution in [2.24, 2.45) is 5.16 Å². The van der Waals surface area contributed by atoms with E-state index in [1.54, 1.807) is 33.9 Å². The van der Waals surface area contributed by atoms with E-state index < -0.39 is 17.2 Å². The maximum absolute atomic E-state index is 13.9. The van der Waals surface area contributed by atoms with Crippen molar-refractivity contribution in [3.63, 3.8) is 0 Å². The van der Waals surface area contributed by atoms with Crippen LogP contribution in [-0.4, -0.2) is 65.4 Å². The van der Waals surface area contributed by atoms with Crippen molar-refractivity contribution in [1.29, 1.82) is 0 Å². The molecular formula is C28H33N5O7S. The molecule has 0 bridgehead atoms. The lowest BCUT2D eigenvalue weighted by Crippen LogP contribution is -2.54. The molecule has 0 N–H and O–H groups in total. The Kier molecular flexibility index (Phi) is 9.73.